The molecule has 0 aliphatic carbocycles. The monoisotopic (exact) mass is 204 g/mol. The summed E-state index contributed by atoms with van der Waals surface area (Å²) in [4.78, 5) is 19.0. The Labute approximate surface area is 85.3 Å². The van der Waals surface area contributed by atoms with Gasteiger partial charge in [0.2, 0.25) is 6.39 Å². The molecule has 6 nitrogen and oxygen atoms in total. The van der Waals surface area contributed by atoms with Gasteiger partial charge in [0.25, 0.3) is 11.7 Å². The van der Waals surface area contributed by atoms with Gasteiger partial charge in [0.05, 0.1) is 12.2 Å². The van der Waals surface area contributed by atoms with Gasteiger partial charge in [-0.25, -0.2) is 0 Å². The third-order valence-electron chi connectivity index (χ3n) is 1.72. The van der Waals surface area contributed by atoms with Gasteiger partial charge in [-0.3, -0.25) is 9.78 Å². The van der Waals surface area contributed by atoms with Gasteiger partial charge in [-0.05, 0) is 12.1 Å². The second-order valence-corrected chi connectivity index (χ2v) is 2.76. The zero-order valence-corrected chi connectivity index (χ0v) is 7.75. The SMILES string of the molecule is O=C(NCc1ccccn1)c1ncon1. The first-order chi connectivity index (χ1) is 7.36. The number of pyridine rings is 1. The molecule has 15 heavy (non-hydrogen) atoms. The van der Waals surface area contributed by atoms with Crippen LogP contribution >= 0.6 is 0 Å². The van der Waals surface area contributed by atoms with Crippen LogP contribution in [-0.2, 0) is 6.54 Å². The van der Waals surface area contributed by atoms with Crippen molar-refractivity contribution in [3.05, 3.63) is 42.3 Å². The molecule has 2 aromatic heterocycles. The quantitative estimate of drug-likeness (QED) is 0.782. The summed E-state index contributed by atoms with van der Waals surface area (Å²) in [7, 11) is 0. The van der Waals surface area contributed by atoms with E-state index < -0.39 is 0 Å². The molecule has 1 amide bonds. The highest BCUT2D eigenvalue weighted by Gasteiger charge is 2.09. The lowest BCUT2D eigenvalue weighted by atomic mass is 10.3. The van der Waals surface area contributed by atoms with Crippen molar-refractivity contribution in [3.63, 3.8) is 0 Å². The largest absolute Gasteiger partial charge is 0.344 e. The number of carbonyl (C=O) groups excluding carboxylic acids is 1. The van der Waals surface area contributed by atoms with E-state index in [4.69, 9.17) is 0 Å². The highest BCUT2D eigenvalue weighted by Crippen LogP contribution is 1.94. The first kappa shape index (κ1) is 9.32. The topological polar surface area (TPSA) is 80.9 Å². The molecule has 0 aliphatic rings. The first-order valence-corrected chi connectivity index (χ1v) is 4.31. The van der Waals surface area contributed by atoms with Gasteiger partial charge in [-0.1, -0.05) is 11.2 Å². The Morgan fingerprint density at radius 2 is 2.33 bits per heavy atom. The number of rotatable bonds is 3. The first-order valence-electron chi connectivity index (χ1n) is 4.31. The van der Waals surface area contributed by atoms with Crippen molar-refractivity contribution in [2.75, 3.05) is 0 Å². The van der Waals surface area contributed by atoms with Crippen LogP contribution in [-0.4, -0.2) is 21.0 Å². The molecule has 0 radical (unpaired) electrons. The van der Waals surface area contributed by atoms with Gasteiger partial charge in [0, 0.05) is 6.20 Å². The van der Waals surface area contributed by atoms with Gasteiger partial charge in [0.15, 0.2) is 0 Å². The number of nitrogens with zero attached hydrogens (tertiary/aromatic N) is 3. The van der Waals surface area contributed by atoms with E-state index in [9.17, 15) is 4.79 Å². The molecular weight excluding hydrogens is 196 g/mol. The Balaban J connectivity index is 1.92. The standard InChI is InChI=1S/C9H8N4O2/c14-9(8-12-6-15-13-8)11-5-7-3-1-2-4-10-7/h1-4,6H,5H2,(H,11,14). The predicted molar refractivity (Wildman–Crippen MR) is 49.7 cm³/mol. The molecule has 2 rings (SSSR count). The van der Waals surface area contributed by atoms with Crippen LogP contribution < -0.4 is 5.32 Å². The molecule has 0 bridgehead atoms. The van der Waals surface area contributed by atoms with E-state index in [2.05, 4.69) is 25.0 Å². The van der Waals surface area contributed by atoms with E-state index >= 15 is 0 Å². The molecule has 0 unspecified atom stereocenters. The second kappa shape index (κ2) is 4.32. The molecule has 1 N–H and O–H groups in total. The summed E-state index contributed by atoms with van der Waals surface area (Å²) in [5.74, 6) is -0.361. The molecule has 6 heteroatoms. The number of hydrogen-bond acceptors (Lipinski definition) is 5. The maximum Gasteiger partial charge on any atom is 0.293 e. The smallest absolute Gasteiger partial charge is 0.293 e. The van der Waals surface area contributed by atoms with Crippen LogP contribution in [0.15, 0.2) is 35.3 Å². The van der Waals surface area contributed by atoms with Crippen LogP contribution in [0.4, 0.5) is 0 Å². The molecule has 0 aliphatic heterocycles. The fourth-order valence-corrected chi connectivity index (χ4v) is 1.02. The predicted octanol–water partition coefficient (Wildman–Crippen LogP) is 0.395. The van der Waals surface area contributed by atoms with Crippen LogP contribution in [0.25, 0.3) is 0 Å². The van der Waals surface area contributed by atoms with E-state index in [0.29, 0.717) is 6.54 Å². The second-order valence-electron chi connectivity index (χ2n) is 2.76. The average molecular weight is 204 g/mol. The lowest BCUT2D eigenvalue weighted by molar-refractivity contribution is 0.0937. The zero-order valence-electron chi connectivity index (χ0n) is 7.75. The van der Waals surface area contributed by atoms with E-state index in [1.807, 2.05) is 18.2 Å². The van der Waals surface area contributed by atoms with E-state index in [1.54, 1.807) is 6.20 Å². The molecule has 0 atom stereocenters. The van der Waals surface area contributed by atoms with Crippen molar-refractivity contribution >= 4 is 5.91 Å². The third-order valence-corrected chi connectivity index (χ3v) is 1.72. The van der Waals surface area contributed by atoms with Gasteiger partial charge in [0.1, 0.15) is 0 Å². The molecule has 0 saturated heterocycles. The zero-order chi connectivity index (χ0) is 10.5. The Morgan fingerprint density at radius 1 is 1.40 bits per heavy atom. The highest BCUT2D eigenvalue weighted by atomic mass is 16.5. The molecule has 2 heterocycles. The van der Waals surface area contributed by atoms with Crippen molar-refractivity contribution in [3.8, 4) is 0 Å². The Kier molecular flexibility index (Phi) is 2.68. The van der Waals surface area contributed by atoms with Crippen molar-refractivity contribution in [2.45, 2.75) is 6.54 Å². The van der Waals surface area contributed by atoms with Crippen LogP contribution in [0.5, 0.6) is 0 Å². The lowest BCUT2D eigenvalue weighted by Crippen LogP contribution is -2.24. The van der Waals surface area contributed by atoms with Crippen molar-refractivity contribution in [2.24, 2.45) is 0 Å². The Bertz CT molecular complexity index is 427. The summed E-state index contributed by atoms with van der Waals surface area (Å²) >= 11 is 0. The maximum absolute atomic E-state index is 11.4. The minimum absolute atomic E-state index is 0.0194. The van der Waals surface area contributed by atoms with Crippen molar-refractivity contribution in [1.29, 1.82) is 0 Å². The summed E-state index contributed by atoms with van der Waals surface area (Å²) in [6.45, 7) is 0.341. The fourth-order valence-electron chi connectivity index (χ4n) is 1.02. The summed E-state index contributed by atoms with van der Waals surface area (Å²) < 4.78 is 4.45. The number of carbonyl (C=O) groups is 1. The summed E-state index contributed by atoms with van der Waals surface area (Å²) in [6, 6.07) is 5.48. The fraction of sp³-hybridized carbons (Fsp3) is 0.111. The van der Waals surface area contributed by atoms with Gasteiger partial charge in [-0.15, -0.1) is 0 Å². The molecule has 0 aromatic carbocycles. The minimum Gasteiger partial charge on any atom is -0.344 e. The minimum atomic E-state index is -0.380. The summed E-state index contributed by atoms with van der Waals surface area (Å²) in [6.07, 6.45) is 2.77. The van der Waals surface area contributed by atoms with E-state index in [1.165, 1.54) is 0 Å². The normalized spacial score (nSPS) is 9.87. The highest BCUT2D eigenvalue weighted by molar-refractivity contribution is 5.89. The molecule has 76 valence electrons. The van der Waals surface area contributed by atoms with E-state index in [0.717, 1.165) is 12.1 Å². The number of nitrogens with one attached hydrogen (secondary N) is 1. The van der Waals surface area contributed by atoms with Crippen LogP contribution in [0, 0.1) is 0 Å². The molecular formula is C9H8N4O2. The van der Waals surface area contributed by atoms with Crippen LogP contribution in [0.2, 0.25) is 0 Å². The third kappa shape index (κ3) is 2.37. The molecule has 2 aromatic rings. The van der Waals surface area contributed by atoms with Crippen molar-refractivity contribution in [1.82, 2.24) is 20.4 Å². The van der Waals surface area contributed by atoms with Crippen molar-refractivity contribution < 1.29 is 9.32 Å². The molecule has 0 spiro atoms. The number of hydrogen-bond donors (Lipinski definition) is 1. The molecule has 0 saturated carbocycles. The van der Waals surface area contributed by atoms with Crippen LogP contribution in [0.3, 0.4) is 0 Å². The lowest BCUT2D eigenvalue weighted by Gasteiger charge is -2.00. The average Bonchev–Trinajstić information content (AvgIpc) is 2.81. The number of aromatic nitrogens is 3. The summed E-state index contributed by atoms with van der Waals surface area (Å²) in [5.41, 5.74) is 0.773. The Hall–Kier alpha value is -2.24. The Morgan fingerprint density at radius 3 is 3.00 bits per heavy atom. The van der Waals surface area contributed by atoms with Gasteiger partial charge >= 0.3 is 0 Å². The van der Waals surface area contributed by atoms with Crippen LogP contribution in [0.1, 0.15) is 16.3 Å². The van der Waals surface area contributed by atoms with Gasteiger partial charge in [-0.2, -0.15) is 4.98 Å². The number of amides is 1. The molecule has 0 fully saturated rings. The van der Waals surface area contributed by atoms with Gasteiger partial charge < -0.3 is 9.84 Å². The maximum atomic E-state index is 11.4. The summed E-state index contributed by atoms with van der Waals surface area (Å²) in [5, 5.41) is 6.02. The van der Waals surface area contributed by atoms with E-state index in [-0.39, 0.29) is 11.7 Å².